The van der Waals surface area contributed by atoms with Crippen molar-refractivity contribution in [3.8, 4) is 0 Å². The normalized spacial score (nSPS) is 13.2. The molecule has 0 saturated heterocycles. The number of carbonyl (C=O) groups is 1. The molecule has 0 aromatic rings. The van der Waals surface area contributed by atoms with Crippen molar-refractivity contribution in [2.45, 2.75) is 97.9 Å². The fraction of sp³-hybridized carbons (Fsp3) is 0.950. The van der Waals surface area contributed by atoms with E-state index in [9.17, 15) is 4.79 Å². The lowest BCUT2D eigenvalue weighted by molar-refractivity contribution is -0.382. The largest absolute Gasteiger partial charge is 0.328 e. The Labute approximate surface area is 149 Å². The van der Waals surface area contributed by atoms with E-state index in [-0.39, 0.29) is 5.92 Å². The van der Waals surface area contributed by atoms with Crippen LogP contribution >= 0.6 is 0 Å². The zero-order valence-corrected chi connectivity index (χ0v) is 16.5. The van der Waals surface area contributed by atoms with E-state index in [0.29, 0.717) is 26.2 Å². The molecule has 0 saturated carbocycles. The average molecular weight is 345 g/mol. The van der Waals surface area contributed by atoms with Gasteiger partial charge in [-0.3, -0.25) is 0 Å². The van der Waals surface area contributed by atoms with Crippen molar-refractivity contribution in [1.29, 1.82) is 0 Å². The molecule has 0 rings (SSSR count). The molecule has 0 aromatic carbocycles. The molecule has 1 unspecified atom stereocenters. The molecular formula is C20H40O4. The molecule has 4 nitrogen and oxygen atoms in total. The number of ether oxygens (including phenoxy) is 3. The lowest BCUT2D eigenvalue weighted by atomic mass is 9.97. The molecule has 144 valence electrons. The van der Waals surface area contributed by atoms with Gasteiger partial charge >= 0.3 is 0 Å². The van der Waals surface area contributed by atoms with Crippen molar-refractivity contribution >= 4 is 6.29 Å². The summed E-state index contributed by atoms with van der Waals surface area (Å²) < 4.78 is 17.2. The SMILES string of the molecule is CCCCCCCCCCC(C=O)CC(OCC)(OCC)OCC. The summed E-state index contributed by atoms with van der Waals surface area (Å²) in [5.41, 5.74) is 0. The highest BCUT2D eigenvalue weighted by atomic mass is 16.9. The van der Waals surface area contributed by atoms with Gasteiger partial charge < -0.3 is 19.0 Å². The molecule has 0 N–H and O–H groups in total. The van der Waals surface area contributed by atoms with E-state index in [0.717, 1.165) is 19.1 Å². The predicted octanol–water partition coefficient (Wildman–Crippen LogP) is 5.49. The van der Waals surface area contributed by atoms with E-state index in [1.807, 2.05) is 20.8 Å². The molecule has 0 heterocycles. The van der Waals surface area contributed by atoms with Crippen molar-refractivity contribution < 1.29 is 19.0 Å². The first-order chi connectivity index (χ1) is 11.7. The molecule has 0 aliphatic heterocycles. The monoisotopic (exact) mass is 344 g/mol. The third-order valence-electron chi connectivity index (χ3n) is 4.23. The minimum absolute atomic E-state index is 0.0743. The van der Waals surface area contributed by atoms with Gasteiger partial charge in [0.05, 0.1) is 0 Å². The highest BCUT2D eigenvalue weighted by molar-refractivity contribution is 5.53. The van der Waals surface area contributed by atoms with E-state index >= 15 is 0 Å². The second-order valence-electron chi connectivity index (χ2n) is 6.35. The Morgan fingerprint density at radius 3 is 1.62 bits per heavy atom. The molecule has 0 aromatic heterocycles. The van der Waals surface area contributed by atoms with Gasteiger partial charge in [-0.1, -0.05) is 58.3 Å². The molecule has 0 aliphatic carbocycles. The third-order valence-corrected chi connectivity index (χ3v) is 4.23. The van der Waals surface area contributed by atoms with Crippen LogP contribution in [0.5, 0.6) is 0 Å². The first-order valence-corrected chi connectivity index (χ1v) is 10.0. The summed E-state index contributed by atoms with van der Waals surface area (Å²) in [6.45, 7) is 9.51. The standard InChI is InChI=1S/C20H40O4/c1-5-9-10-11-12-13-14-15-16-19(18-21)17-20(22-6-2,23-7-3)24-8-4/h18-19H,5-17H2,1-4H3. The maximum Gasteiger partial charge on any atom is 0.283 e. The molecule has 0 bridgehead atoms. The molecule has 1 atom stereocenters. The molecule has 0 spiro atoms. The summed E-state index contributed by atoms with van der Waals surface area (Å²) >= 11 is 0. The van der Waals surface area contributed by atoms with Crippen LogP contribution in [0, 0.1) is 5.92 Å². The molecule has 0 radical (unpaired) electrons. The fourth-order valence-electron chi connectivity index (χ4n) is 3.04. The smallest absolute Gasteiger partial charge is 0.283 e. The van der Waals surface area contributed by atoms with Gasteiger partial charge in [-0.05, 0) is 27.2 Å². The first kappa shape index (κ1) is 23.5. The van der Waals surface area contributed by atoms with Crippen molar-refractivity contribution in [3.05, 3.63) is 0 Å². The minimum Gasteiger partial charge on any atom is -0.328 e. The van der Waals surface area contributed by atoms with Crippen LogP contribution in [0.25, 0.3) is 0 Å². The van der Waals surface area contributed by atoms with Crippen LogP contribution in [-0.4, -0.2) is 32.1 Å². The van der Waals surface area contributed by atoms with Gasteiger partial charge in [-0.2, -0.15) is 0 Å². The number of hydrogen-bond acceptors (Lipinski definition) is 4. The predicted molar refractivity (Wildman–Crippen MR) is 99.0 cm³/mol. The summed E-state index contributed by atoms with van der Waals surface area (Å²) in [5, 5.41) is 0. The maximum atomic E-state index is 11.5. The highest BCUT2D eigenvalue weighted by Crippen LogP contribution is 2.27. The average Bonchev–Trinajstić information content (AvgIpc) is 2.57. The van der Waals surface area contributed by atoms with Crippen LogP contribution in [-0.2, 0) is 19.0 Å². The van der Waals surface area contributed by atoms with Crippen molar-refractivity contribution in [3.63, 3.8) is 0 Å². The second kappa shape index (κ2) is 16.0. The Morgan fingerprint density at radius 2 is 1.21 bits per heavy atom. The summed E-state index contributed by atoms with van der Waals surface area (Å²) in [5.74, 6) is -1.14. The first-order valence-electron chi connectivity index (χ1n) is 10.0. The van der Waals surface area contributed by atoms with E-state index in [4.69, 9.17) is 14.2 Å². The number of aldehydes is 1. The maximum absolute atomic E-state index is 11.5. The Balaban J connectivity index is 4.17. The summed E-state index contributed by atoms with van der Waals surface area (Å²) in [4.78, 5) is 11.5. The van der Waals surface area contributed by atoms with Crippen LogP contribution in [0.3, 0.4) is 0 Å². The van der Waals surface area contributed by atoms with Gasteiger partial charge in [0, 0.05) is 32.2 Å². The van der Waals surface area contributed by atoms with E-state index in [2.05, 4.69) is 6.92 Å². The summed E-state index contributed by atoms with van der Waals surface area (Å²) in [6, 6.07) is 0. The third kappa shape index (κ3) is 11.2. The van der Waals surface area contributed by atoms with Gasteiger partial charge in [0.15, 0.2) is 0 Å². The van der Waals surface area contributed by atoms with Crippen molar-refractivity contribution in [2.24, 2.45) is 5.92 Å². The minimum atomic E-state index is -1.07. The Hall–Kier alpha value is -0.450. The van der Waals surface area contributed by atoms with Crippen LogP contribution < -0.4 is 0 Å². The lowest BCUT2D eigenvalue weighted by Crippen LogP contribution is -2.41. The van der Waals surface area contributed by atoms with Crippen LogP contribution in [0.1, 0.15) is 91.9 Å². The lowest BCUT2D eigenvalue weighted by Gasteiger charge is -2.34. The van der Waals surface area contributed by atoms with Crippen molar-refractivity contribution in [1.82, 2.24) is 0 Å². The quantitative estimate of drug-likeness (QED) is 0.187. The zero-order chi connectivity index (χ0) is 18.1. The highest BCUT2D eigenvalue weighted by Gasteiger charge is 2.35. The van der Waals surface area contributed by atoms with E-state index in [1.54, 1.807) is 0 Å². The van der Waals surface area contributed by atoms with Gasteiger partial charge in [0.1, 0.15) is 6.29 Å². The topological polar surface area (TPSA) is 44.8 Å². The van der Waals surface area contributed by atoms with Crippen molar-refractivity contribution in [2.75, 3.05) is 19.8 Å². The summed E-state index contributed by atoms with van der Waals surface area (Å²) in [7, 11) is 0. The van der Waals surface area contributed by atoms with Gasteiger partial charge in [-0.25, -0.2) is 0 Å². The second-order valence-corrected chi connectivity index (χ2v) is 6.35. The number of carbonyl (C=O) groups excluding carboxylic acids is 1. The van der Waals surface area contributed by atoms with E-state index in [1.165, 1.54) is 44.9 Å². The number of hydrogen-bond donors (Lipinski definition) is 0. The Bertz CT molecular complexity index is 264. The van der Waals surface area contributed by atoms with Crippen LogP contribution in [0.15, 0.2) is 0 Å². The molecule has 24 heavy (non-hydrogen) atoms. The van der Waals surface area contributed by atoms with Gasteiger partial charge in [0.2, 0.25) is 0 Å². The van der Waals surface area contributed by atoms with Gasteiger partial charge in [0.25, 0.3) is 5.97 Å². The zero-order valence-electron chi connectivity index (χ0n) is 16.5. The molecule has 0 aliphatic rings. The molecular weight excluding hydrogens is 304 g/mol. The molecule has 4 heteroatoms. The number of unbranched alkanes of at least 4 members (excludes halogenated alkanes) is 7. The van der Waals surface area contributed by atoms with Crippen LogP contribution in [0.4, 0.5) is 0 Å². The fourth-order valence-corrected chi connectivity index (χ4v) is 3.04. The van der Waals surface area contributed by atoms with Gasteiger partial charge in [-0.15, -0.1) is 0 Å². The summed E-state index contributed by atoms with van der Waals surface area (Å²) in [6.07, 6.45) is 12.6. The van der Waals surface area contributed by atoms with Crippen LogP contribution in [0.2, 0.25) is 0 Å². The molecule has 0 fully saturated rings. The Kier molecular flexibility index (Phi) is 15.7. The number of rotatable bonds is 18. The molecule has 0 amide bonds. The van der Waals surface area contributed by atoms with E-state index < -0.39 is 5.97 Å². The Morgan fingerprint density at radius 1 is 0.750 bits per heavy atom.